The lowest BCUT2D eigenvalue weighted by molar-refractivity contribution is 0.0952. The molecule has 2 heterocycles. The molecular formula is C14H13N7O. The van der Waals surface area contributed by atoms with E-state index in [-0.39, 0.29) is 5.82 Å². The number of rotatable bonds is 4. The second kappa shape index (κ2) is 6.00. The Morgan fingerprint density at radius 2 is 1.82 bits per heavy atom. The summed E-state index contributed by atoms with van der Waals surface area (Å²) in [5, 5.41) is 8.20. The van der Waals surface area contributed by atoms with Gasteiger partial charge in [0.2, 0.25) is 5.82 Å². The van der Waals surface area contributed by atoms with Crippen LogP contribution < -0.4 is 10.9 Å². The minimum Gasteiger partial charge on any atom is -0.298 e. The van der Waals surface area contributed by atoms with Gasteiger partial charge in [-0.05, 0) is 30.7 Å². The van der Waals surface area contributed by atoms with E-state index in [1.807, 2.05) is 25.1 Å². The van der Waals surface area contributed by atoms with Gasteiger partial charge in [-0.15, -0.1) is 0 Å². The Kier molecular flexibility index (Phi) is 3.73. The number of benzene rings is 1. The van der Waals surface area contributed by atoms with Crippen LogP contribution in [-0.4, -0.2) is 30.9 Å². The number of carbonyl (C=O) groups is 1. The molecule has 2 aromatic heterocycles. The molecule has 110 valence electrons. The molecule has 22 heavy (non-hydrogen) atoms. The van der Waals surface area contributed by atoms with E-state index >= 15 is 0 Å². The molecule has 0 unspecified atom stereocenters. The van der Waals surface area contributed by atoms with Gasteiger partial charge in [0, 0.05) is 12.4 Å². The molecule has 2 N–H and O–H groups in total. The third-order valence-electron chi connectivity index (χ3n) is 2.93. The van der Waals surface area contributed by atoms with Crippen molar-refractivity contribution in [3.05, 3.63) is 60.4 Å². The van der Waals surface area contributed by atoms with Crippen molar-refractivity contribution in [1.82, 2.24) is 30.4 Å². The number of nitrogens with one attached hydrogen (secondary N) is 2. The third-order valence-corrected chi connectivity index (χ3v) is 2.93. The number of hydrazine groups is 1. The molecule has 0 radical (unpaired) electrons. The lowest BCUT2D eigenvalue weighted by atomic mass is 10.2. The molecule has 8 heteroatoms. The Bertz CT molecular complexity index is 771. The number of nitrogens with zero attached hydrogens (tertiary/aromatic N) is 5. The maximum Gasteiger partial charge on any atom is 0.307 e. The molecule has 1 aromatic carbocycles. The highest BCUT2D eigenvalue weighted by Crippen LogP contribution is 2.17. The summed E-state index contributed by atoms with van der Waals surface area (Å²) in [5.41, 5.74) is 7.90. The average Bonchev–Trinajstić information content (AvgIpc) is 3.09. The molecule has 0 spiro atoms. The van der Waals surface area contributed by atoms with Crippen LogP contribution in [-0.2, 0) is 0 Å². The molecule has 0 aliphatic heterocycles. The number of aryl methyl sites for hydroxylation is 1. The van der Waals surface area contributed by atoms with Crippen LogP contribution in [0.3, 0.4) is 0 Å². The van der Waals surface area contributed by atoms with Crippen LogP contribution in [0.15, 0.2) is 49.1 Å². The number of hydrogen-bond acceptors (Lipinski definition) is 6. The van der Waals surface area contributed by atoms with Crippen molar-refractivity contribution in [2.75, 3.05) is 5.43 Å². The van der Waals surface area contributed by atoms with Gasteiger partial charge in [0.25, 0.3) is 0 Å². The fourth-order valence-electron chi connectivity index (χ4n) is 1.84. The third kappa shape index (κ3) is 2.90. The predicted octanol–water partition coefficient (Wildman–Crippen LogP) is 1.12. The smallest absolute Gasteiger partial charge is 0.298 e. The summed E-state index contributed by atoms with van der Waals surface area (Å²) in [6.07, 6.45) is 6.23. The van der Waals surface area contributed by atoms with Gasteiger partial charge in [0.05, 0.1) is 23.8 Å². The lowest BCUT2D eigenvalue weighted by Crippen LogP contribution is -2.30. The molecule has 0 saturated carbocycles. The van der Waals surface area contributed by atoms with Crippen LogP contribution in [0.1, 0.15) is 16.2 Å². The van der Waals surface area contributed by atoms with Gasteiger partial charge >= 0.3 is 5.91 Å². The molecule has 0 atom stereocenters. The fraction of sp³-hybridized carbons (Fsp3) is 0.0714. The van der Waals surface area contributed by atoms with Crippen molar-refractivity contribution < 1.29 is 4.79 Å². The Balaban J connectivity index is 1.74. The van der Waals surface area contributed by atoms with E-state index in [1.54, 1.807) is 18.5 Å². The van der Waals surface area contributed by atoms with E-state index in [2.05, 4.69) is 31.0 Å². The van der Waals surface area contributed by atoms with Crippen LogP contribution in [0.25, 0.3) is 5.69 Å². The standard InChI is InChI=1S/C14H13N7O/c1-10-3-4-11(9-12(10)21-17-7-8-18-21)19-20-14(22)13-15-5-2-6-16-13/h2-9,19H,1H3,(H,20,22). The highest BCUT2D eigenvalue weighted by molar-refractivity contribution is 5.91. The number of hydrogen-bond donors (Lipinski definition) is 2. The highest BCUT2D eigenvalue weighted by atomic mass is 16.2. The molecular weight excluding hydrogens is 282 g/mol. The molecule has 0 aliphatic carbocycles. The quantitative estimate of drug-likeness (QED) is 0.700. The number of aromatic nitrogens is 5. The van der Waals surface area contributed by atoms with E-state index in [4.69, 9.17) is 0 Å². The Morgan fingerprint density at radius 1 is 1.09 bits per heavy atom. The molecule has 3 aromatic rings. The van der Waals surface area contributed by atoms with Crippen molar-refractivity contribution in [1.29, 1.82) is 0 Å². The zero-order chi connectivity index (χ0) is 15.4. The van der Waals surface area contributed by atoms with E-state index in [0.29, 0.717) is 5.69 Å². The van der Waals surface area contributed by atoms with E-state index in [1.165, 1.54) is 17.2 Å². The SMILES string of the molecule is Cc1ccc(NNC(=O)c2ncccn2)cc1-n1nccn1. The van der Waals surface area contributed by atoms with Gasteiger partial charge < -0.3 is 0 Å². The first-order valence-corrected chi connectivity index (χ1v) is 6.55. The molecule has 0 aliphatic rings. The minimum absolute atomic E-state index is 0.0936. The largest absolute Gasteiger partial charge is 0.307 e. The second-order valence-electron chi connectivity index (χ2n) is 4.47. The summed E-state index contributed by atoms with van der Waals surface area (Å²) in [5.74, 6) is -0.323. The van der Waals surface area contributed by atoms with Crippen LogP contribution in [0, 0.1) is 6.92 Å². The van der Waals surface area contributed by atoms with Crippen LogP contribution >= 0.6 is 0 Å². The highest BCUT2D eigenvalue weighted by Gasteiger charge is 2.08. The second-order valence-corrected chi connectivity index (χ2v) is 4.47. The predicted molar refractivity (Wildman–Crippen MR) is 79.2 cm³/mol. The first-order chi connectivity index (χ1) is 10.7. The van der Waals surface area contributed by atoms with E-state index in [9.17, 15) is 4.79 Å². The summed E-state index contributed by atoms with van der Waals surface area (Å²) in [7, 11) is 0. The van der Waals surface area contributed by atoms with Gasteiger partial charge in [-0.2, -0.15) is 15.0 Å². The van der Waals surface area contributed by atoms with E-state index in [0.717, 1.165) is 11.3 Å². The zero-order valence-corrected chi connectivity index (χ0v) is 11.8. The number of anilines is 1. The monoisotopic (exact) mass is 295 g/mol. The molecule has 0 saturated heterocycles. The Labute approximate surface area is 126 Å². The van der Waals surface area contributed by atoms with Gasteiger partial charge in [0.15, 0.2) is 0 Å². The van der Waals surface area contributed by atoms with Crippen LogP contribution in [0.2, 0.25) is 0 Å². The van der Waals surface area contributed by atoms with Gasteiger partial charge in [-0.3, -0.25) is 15.6 Å². The molecule has 1 amide bonds. The van der Waals surface area contributed by atoms with Gasteiger partial charge in [0.1, 0.15) is 0 Å². The lowest BCUT2D eigenvalue weighted by Gasteiger charge is -2.10. The molecule has 3 rings (SSSR count). The number of amides is 1. The van der Waals surface area contributed by atoms with Crippen LogP contribution in [0.4, 0.5) is 5.69 Å². The Hall–Kier alpha value is -3.29. The van der Waals surface area contributed by atoms with Crippen molar-refractivity contribution in [2.24, 2.45) is 0 Å². The van der Waals surface area contributed by atoms with E-state index < -0.39 is 5.91 Å². The minimum atomic E-state index is -0.417. The van der Waals surface area contributed by atoms with Crippen molar-refractivity contribution in [3.8, 4) is 5.69 Å². The first kappa shape index (κ1) is 13.7. The maximum atomic E-state index is 11.9. The molecule has 8 nitrogen and oxygen atoms in total. The summed E-state index contributed by atoms with van der Waals surface area (Å²) in [6.45, 7) is 1.96. The van der Waals surface area contributed by atoms with Crippen molar-refractivity contribution in [3.63, 3.8) is 0 Å². The fourth-order valence-corrected chi connectivity index (χ4v) is 1.84. The Morgan fingerprint density at radius 3 is 2.55 bits per heavy atom. The average molecular weight is 295 g/mol. The van der Waals surface area contributed by atoms with Crippen molar-refractivity contribution >= 4 is 11.6 Å². The summed E-state index contributed by atoms with van der Waals surface area (Å²) >= 11 is 0. The number of carbonyl (C=O) groups excluding carboxylic acids is 1. The zero-order valence-electron chi connectivity index (χ0n) is 11.8. The maximum absolute atomic E-state index is 11.9. The summed E-state index contributed by atoms with van der Waals surface area (Å²) in [6, 6.07) is 7.23. The molecule has 0 fully saturated rings. The summed E-state index contributed by atoms with van der Waals surface area (Å²) in [4.78, 5) is 21.1. The normalized spacial score (nSPS) is 10.2. The van der Waals surface area contributed by atoms with Crippen molar-refractivity contribution in [2.45, 2.75) is 6.92 Å². The molecule has 0 bridgehead atoms. The van der Waals surface area contributed by atoms with Gasteiger partial charge in [-0.25, -0.2) is 9.97 Å². The first-order valence-electron chi connectivity index (χ1n) is 6.55. The van der Waals surface area contributed by atoms with Crippen LogP contribution in [0.5, 0.6) is 0 Å². The van der Waals surface area contributed by atoms with Gasteiger partial charge in [-0.1, -0.05) is 6.07 Å². The topological polar surface area (TPSA) is 97.6 Å². The summed E-state index contributed by atoms with van der Waals surface area (Å²) < 4.78 is 0.